The van der Waals surface area contributed by atoms with Crippen LogP contribution in [0.4, 0.5) is 0 Å². The molecule has 0 fully saturated rings. The summed E-state index contributed by atoms with van der Waals surface area (Å²) < 4.78 is 22.1. The van der Waals surface area contributed by atoms with Gasteiger partial charge < -0.3 is 18.9 Å². The van der Waals surface area contributed by atoms with E-state index in [4.69, 9.17) is 18.9 Å². The summed E-state index contributed by atoms with van der Waals surface area (Å²) in [5.41, 5.74) is 8.37. The van der Waals surface area contributed by atoms with Crippen LogP contribution in [0.15, 0.2) is 72.8 Å². The number of methoxy groups -OCH3 is 2. The molecule has 6 nitrogen and oxygen atoms in total. The van der Waals surface area contributed by atoms with E-state index in [0.29, 0.717) is 22.6 Å². The molecular formula is C35H34O6. The number of hydrogen-bond donors (Lipinski definition) is 0. The summed E-state index contributed by atoms with van der Waals surface area (Å²) in [7, 11) is 3.10. The van der Waals surface area contributed by atoms with Crippen molar-refractivity contribution in [3.63, 3.8) is 0 Å². The third kappa shape index (κ3) is 4.53. The Morgan fingerprint density at radius 2 is 1.02 bits per heavy atom. The van der Waals surface area contributed by atoms with Crippen molar-refractivity contribution in [2.75, 3.05) is 27.4 Å². The highest BCUT2D eigenvalue weighted by Gasteiger charge is 2.47. The molecule has 0 unspecified atom stereocenters. The summed E-state index contributed by atoms with van der Waals surface area (Å²) in [5, 5.41) is 0. The predicted octanol–water partition coefficient (Wildman–Crippen LogP) is 7.04. The topological polar surface area (TPSA) is 71.1 Å². The lowest BCUT2D eigenvalue weighted by Gasteiger charge is -2.35. The highest BCUT2D eigenvalue weighted by atomic mass is 16.5. The van der Waals surface area contributed by atoms with Gasteiger partial charge in [-0.1, -0.05) is 59.7 Å². The third-order valence-electron chi connectivity index (χ3n) is 7.71. The summed E-state index contributed by atoms with van der Waals surface area (Å²) in [6, 6.07) is 24.3. The molecule has 1 aliphatic carbocycles. The molecule has 0 radical (unpaired) electrons. The molecule has 0 saturated heterocycles. The number of benzene rings is 4. The van der Waals surface area contributed by atoms with Crippen LogP contribution in [0.25, 0.3) is 11.1 Å². The molecule has 0 amide bonds. The van der Waals surface area contributed by atoms with E-state index < -0.39 is 17.4 Å². The minimum Gasteiger partial charge on any atom is -0.496 e. The second-order valence-corrected chi connectivity index (χ2v) is 10.1. The van der Waals surface area contributed by atoms with Crippen LogP contribution in [0.5, 0.6) is 11.5 Å². The molecule has 41 heavy (non-hydrogen) atoms. The molecule has 0 N–H and O–H groups in total. The van der Waals surface area contributed by atoms with E-state index in [1.54, 1.807) is 40.2 Å². The van der Waals surface area contributed by atoms with Crippen molar-refractivity contribution < 1.29 is 28.5 Å². The molecule has 0 saturated carbocycles. The van der Waals surface area contributed by atoms with Crippen LogP contribution in [0.2, 0.25) is 0 Å². The lowest BCUT2D eigenvalue weighted by molar-refractivity contribution is 0.0513. The van der Waals surface area contributed by atoms with Crippen LogP contribution in [0, 0.1) is 13.8 Å². The van der Waals surface area contributed by atoms with E-state index >= 15 is 0 Å². The molecule has 0 bridgehead atoms. The van der Waals surface area contributed by atoms with E-state index in [2.05, 4.69) is 50.2 Å². The molecule has 1 aliphatic rings. The van der Waals surface area contributed by atoms with E-state index in [9.17, 15) is 9.59 Å². The fourth-order valence-corrected chi connectivity index (χ4v) is 5.94. The van der Waals surface area contributed by atoms with Gasteiger partial charge in [-0.2, -0.15) is 0 Å². The SMILES string of the molecule is CCOC(=O)c1ccc(C2(c3ccc(C(=O)OCC)c(OC)c3)c3cc(C)ccc3-c3ccc(C)cc32)cc1OC. The summed E-state index contributed by atoms with van der Waals surface area (Å²) in [6.07, 6.45) is 0. The molecule has 0 atom stereocenters. The molecule has 0 heterocycles. The second-order valence-electron chi connectivity index (χ2n) is 10.1. The van der Waals surface area contributed by atoms with Crippen molar-refractivity contribution in [3.05, 3.63) is 117 Å². The standard InChI is InChI=1S/C35H34O6/c1-7-40-33(36)27-15-11-23(19-31(27)38-5)35(24-12-16-28(32(20-24)39-6)34(37)41-8-2)29-17-21(3)9-13-25(29)26-14-10-22(4)18-30(26)35/h9-20H,7-8H2,1-6H3. The lowest BCUT2D eigenvalue weighted by Crippen LogP contribution is -2.29. The molecule has 5 rings (SSSR count). The van der Waals surface area contributed by atoms with Crippen molar-refractivity contribution in [3.8, 4) is 22.6 Å². The monoisotopic (exact) mass is 550 g/mol. The highest BCUT2D eigenvalue weighted by molar-refractivity contribution is 5.95. The number of fused-ring (bicyclic) bond motifs is 3. The van der Waals surface area contributed by atoms with Gasteiger partial charge in [-0.25, -0.2) is 9.59 Å². The molecule has 6 heteroatoms. The van der Waals surface area contributed by atoms with Crippen LogP contribution in [-0.4, -0.2) is 39.4 Å². The quantitative estimate of drug-likeness (QED) is 0.193. The molecule has 210 valence electrons. The Bertz CT molecular complexity index is 1530. The van der Waals surface area contributed by atoms with Crippen LogP contribution in [0.1, 0.15) is 67.9 Å². The van der Waals surface area contributed by atoms with Crippen molar-refractivity contribution in [2.24, 2.45) is 0 Å². The predicted molar refractivity (Wildman–Crippen MR) is 158 cm³/mol. The van der Waals surface area contributed by atoms with Gasteiger partial charge in [0, 0.05) is 0 Å². The summed E-state index contributed by atoms with van der Waals surface area (Å²) >= 11 is 0. The van der Waals surface area contributed by atoms with E-state index in [0.717, 1.165) is 44.5 Å². The zero-order valence-corrected chi connectivity index (χ0v) is 24.3. The maximum atomic E-state index is 12.8. The first kappa shape index (κ1) is 28.0. The summed E-state index contributed by atoms with van der Waals surface area (Å²) in [4.78, 5) is 25.5. The first-order valence-electron chi connectivity index (χ1n) is 13.7. The lowest BCUT2D eigenvalue weighted by atomic mass is 9.67. The molecule has 0 aliphatic heterocycles. The van der Waals surface area contributed by atoms with Crippen molar-refractivity contribution in [1.29, 1.82) is 0 Å². The average molecular weight is 551 g/mol. The number of aryl methyl sites for hydroxylation is 2. The number of carbonyl (C=O) groups is 2. The third-order valence-corrected chi connectivity index (χ3v) is 7.71. The van der Waals surface area contributed by atoms with Crippen LogP contribution in [0.3, 0.4) is 0 Å². The Morgan fingerprint density at radius 3 is 1.39 bits per heavy atom. The minimum absolute atomic E-state index is 0.263. The molecule has 4 aromatic rings. The van der Waals surface area contributed by atoms with Crippen molar-refractivity contribution in [1.82, 2.24) is 0 Å². The first-order chi connectivity index (χ1) is 19.8. The smallest absolute Gasteiger partial charge is 0.341 e. The number of esters is 2. The molecule has 0 spiro atoms. The number of carbonyl (C=O) groups excluding carboxylic acids is 2. The minimum atomic E-state index is -0.802. The molecule has 4 aromatic carbocycles. The fraction of sp³-hybridized carbons (Fsp3) is 0.257. The van der Waals surface area contributed by atoms with Gasteiger partial charge in [-0.05, 0) is 85.3 Å². The van der Waals surface area contributed by atoms with Gasteiger partial charge in [-0.15, -0.1) is 0 Å². The van der Waals surface area contributed by atoms with Crippen molar-refractivity contribution in [2.45, 2.75) is 33.1 Å². The van der Waals surface area contributed by atoms with Gasteiger partial charge in [0.05, 0.1) is 32.8 Å². The second kappa shape index (κ2) is 11.1. The molecule has 0 aromatic heterocycles. The normalized spacial score (nSPS) is 12.7. The largest absolute Gasteiger partial charge is 0.496 e. The Labute approximate surface area is 240 Å². The van der Waals surface area contributed by atoms with Gasteiger partial charge >= 0.3 is 11.9 Å². The summed E-state index contributed by atoms with van der Waals surface area (Å²) in [6.45, 7) is 8.23. The van der Waals surface area contributed by atoms with Gasteiger partial charge in [0.1, 0.15) is 22.6 Å². The van der Waals surface area contributed by atoms with Gasteiger partial charge in [0.25, 0.3) is 0 Å². The van der Waals surface area contributed by atoms with Gasteiger partial charge in [-0.3, -0.25) is 0 Å². The number of ether oxygens (including phenoxy) is 4. The van der Waals surface area contributed by atoms with Gasteiger partial charge in [0.15, 0.2) is 0 Å². The van der Waals surface area contributed by atoms with Crippen LogP contribution < -0.4 is 9.47 Å². The maximum absolute atomic E-state index is 12.8. The zero-order valence-electron chi connectivity index (χ0n) is 24.3. The Balaban J connectivity index is 1.89. The van der Waals surface area contributed by atoms with Crippen molar-refractivity contribution >= 4 is 11.9 Å². The van der Waals surface area contributed by atoms with Crippen LogP contribution in [-0.2, 0) is 14.9 Å². The summed E-state index contributed by atoms with van der Waals surface area (Å²) in [5.74, 6) is -0.0369. The Morgan fingerprint density at radius 1 is 0.610 bits per heavy atom. The Hall–Kier alpha value is -4.58. The highest BCUT2D eigenvalue weighted by Crippen LogP contribution is 2.57. The van der Waals surface area contributed by atoms with E-state index in [1.165, 1.54) is 0 Å². The first-order valence-corrected chi connectivity index (χ1v) is 13.7. The molecular weight excluding hydrogens is 516 g/mol. The van der Waals surface area contributed by atoms with Crippen LogP contribution >= 0.6 is 0 Å². The Kier molecular flexibility index (Phi) is 7.59. The average Bonchev–Trinajstić information content (AvgIpc) is 3.25. The van der Waals surface area contributed by atoms with E-state index in [-0.39, 0.29) is 13.2 Å². The number of rotatable bonds is 8. The number of hydrogen-bond acceptors (Lipinski definition) is 6. The maximum Gasteiger partial charge on any atom is 0.341 e. The van der Waals surface area contributed by atoms with Gasteiger partial charge in [0.2, 0.25) is 0 Å². The fourth-order valence-electron chi connectivity index (χ4n) is 5.94. The zero-order chi connectivity index (χ0) is 29.3. The van der Waals surface area contributed by atoms with E-state index in [1.807, 2.05) is 24.3 Å².